The van der Waals surface area contributed by atoms with E-state index >= 15 is 0 Å². The first-order chi connectivity index (χ1) is 19.7. The molecule has 1 aliphatic rings. The van der Waals surface area contributed by atoms with Crippen LogP contribution in [0.2, 0.25) is 5.02 Å². The summed E-state index contributed by atoms with van der Waals surface area (Å²) in [6, 6.07) is 15.3. The van der Waals surface area contributed by atoms with Crippen molar-refractivity contribution in [3.05, 3.63) is 81.7 Å². The first-order valence-corrected chi connectivity index (χ1v) is 16.4. The number of carbonyl (C=O) groups is 1. The van der Waals surface area contributed by atoms with Crippen molar-refractivity contribution in [3.8, 4) is 16.9 Å². The maximum Gasteiger partial charge on any atom is 0.265 e. The minimum Gasteiger partial charge on any atom is -0.496 e. The van der Waals surface area contributed by atoms with E-state index in [1.54, 1.807) is 18.3 Å². The van der Waals surface area contributed by atoms with E-state index in [1.165, 1.54) is 0 Å². The summed E-state index contributed by atoms with van der Waals surface area (Å²) < 4.78 is 47.4. The fourth-order valence-electron chi connectivity index (χ4n) is 5.65. The topological polar surface area (TPSA) is 46.6 Å². The van der Waals surface area contributed by atoms with E-state index in [4.69, 9.17) is 16.3 Å². The normalized spacial score (nSPS) is 17.9. The Morgan fingerprint density at radius 1 is 1.07 bits per heavy atom. The lowest BCUT2D eigenvalue weighted by molar-refractivity contribution is 0.0696. The van der Waals surface area contributed by atoms with Crippen LogP contribution in [0.15, 0.2) is 59.5 Å². The molecule has 0 N–H and O–H groups in total. The number of hydrogen-bond donors (Lipinski definition) is 0. The van der Waals surface area contributed by atoms with Crippen LogP contribution in [0.4, 0.5) is 8.78 Å². The SMILES string of the molecule is COc1ccc(-c2ccccc2S(C)=O)cc1CN(CC1CCC(C)CC1)C(=O)c1sc2c(F)ccc(F)c2c1Cl. The lowest BCUT2D eigenvalue weighted by atomic mass is 9.82. The quantitative estimate of drug-likeness (QED) is 0.199. The molecule has 4 aromatic rings. The van der Waals surface area contributed by atoms with Crippen LogP contribution in [-0.2, 0) is 17.3 Å². The summed E-state index contributed by atoms with van der Waals surface area (Å²) in [5.74, 6) is -0.0690. The van der Waals surface area contributed by atoms with E-state index in [1.807, 2.05) is 42.5 Å². The average Bonchev–Trinajstić information content (AvgIpc) is 3.33. The highest BCUT2D eigenvalue weighted by Crippen LogP contribution is 2.40. The molecule has 0 spiro atoms. The van der Waals surface area contributed by atoms with E-state index in [9.17, 15) is 17.8 Å². The van der Waals surface area contributed by atoms with Crippen molar-refractivity contribution >= 4 is 49.7 Å². The standard InChI is InChI=1S/C32H32ClF2NO3S2/c1-19-8-10-20(11-9-19)17-36(32(37)31-29(33)28-24(34)13-14-25(35)30(28)40-31)18-22-16-21(12-15-26(22)39-2)23-6-4-5-7-27(23)41(3)38/h4-7,12-16,19-20H,8-11,17-18H2,1-3H3. The van der Waals surface area contributed by atoms with Gasteiger partial charge in [-0.15, -0.1) is 11.3 Å². The molecular weight excluding hydrogens is 584 g/mol. The molecule has 0 aliphatic heterocycles. The minimum atomic E-state index is -1.19. The summed E-state index contributed by atoms with van der Waals surface area (Å²) in [6.07, 6.45) is 5.84. The molecule has 1 saturated carbocycles. The molecule has 4 nitrogen and oxygen atoms in total. The molecule has 1 aromatic heterocycles. The molecule has 9 heteroatoms. The van der Waals surface area contributed by atoms with Crippen LogP contribution >= 0.6 is 22.9 Å². The van der Waals surface area contributed by atoms with Crippen molar-refractivity contribution in [3.63, 3.8) is 0 Å². The van der Waals surface area contributed by atoms with Gasteiger partial charge in [-0.25, -0.2) is 8.78 Å². The highest BCUT2D eigenvalue weighted by atomic mass is 35.5. The summed E-state index contributed by atoms with van der Waals surface area (Å²) in [4.78, 5) is 16.7. The van der Waals surface area contributed by atoms with Gasteiger partial charge in [0.2, 0.25) is 0 Å². The van der Waals surface area contributed by atoms with Gasteiger partial charge in [0.25, 0.3) is 5.91 Å². The lowest BCUT2D eigenvalue weighted by Gasteiger charge is -2.32. The van der Waals surface area contributed by atoms with Crippen LogP contribution in [0.5, 0.6) is 5.75 Å². The Balaban J connectivity index is 1.56. The number of hydrogen-bond acceptors (Lipinski definition) is 4. The number of ether oxygens (including phenoxy) is 1. The summed E-state index contributed by atoms with van der Waals surface area (Å²) >= 11 is 7.44. The minimum absolute atomic E-state index is 0.0357. The van der Waals surface area contributed by atoms with E-state index in [2.05, 4.69) is 6.92 Å². The second kappa shape index (κ2) is 12.6. The highest BCUT2D eigenvalue weighted by molar-refractivity contribution is 7.84. The van der Waals surface area contributed by atoms with Crippen molar-refractivity contribution in [1.29, 1.82) is 0 Å². The summed E-state index contributed by atoms with van der Waals surface area (Å²) in [7, 11) is 0.389. The van der Waals surface area contributed by atoms with E-state index in [0.29, 0.717) is 29.0 Å². The van der Waals surface area contributed by atoms with Gasteiger partial charge in [-0.1, -0.05) is 55.6 Å². The van der Waals surface area contributed by atoms with Crippen molar-refractivity contribution in [2.24, 2.45) is 11.8 Å². The zero-order valence-electron chi connectivity index (χ0n) is 23.2. The van der Waals surface area contributed by atoms with Gasteiger partial charge < -0.3 is 9.64 Å². The van der Waals surface area contributed by atoms with Crippen LogP contribution in [-0.4, -0.2) is 34.9 Å². The maximum atomic E-state index is 14.6. The maximum absolute atomic E-state index is 14.6. The molecule has 5 rings (SSSR count). The smallest absolute Gasteiger partial charge is 0.265 e. The van der Waals surface area contributed by atoms with Crippen LogP contribution in [0.3, 0.4) is 0 Å². The fourth-order valence-corrected chi connectivity index (χ4v) is 7.94. The first kappa shape index (κ1) is 29.7. The first-order valence-electron chi connectivity index (χ1n) is 13.6. The van der Waals surface area contributed by atoms with Gasteiger partial charge in [0.1, 0.15) is 22.3 Å². The van der Waals surface area contributed by atoms with Crippen molar-refractivity contribution in [2.45, 2.75) is 44.0 Å². The average molecular weight is 616 g/mol. The number of fused-ring (bicyclic) bond motifs is 1. The molecule has 1 unspecified atom stereocenters. The molecule has 216 valence electrons. The largest absolute Gasteiger partial charge is 0.496 e. The Morgan fingerprint density at radius 3 is 2.46 bits per heavy atom. The Morgan fingerprint density at radius 2 is 1.78 bits per heavy atom. The number of amides is 1. The number of carbonyl (C=O) groups excluding carboxylic acids is 1. The van der Waals surface area contributed by atoms with Gasteiger partial charge in [-0.2, -0.15) is 0 Å². The zero-order chi connectivity index (χ0) is 29.3. The van der Waals surface area contributed by atoms with Gasteiger partial charge in [0.05, 0.1) is 33.0 Å². The number of methoxy groups -OCH3 is 1. The van der Waals surface area contributed by atoms with Gasteiger partial charge >= 0.3 is 0 Å². The zero-order valence-corrected chi connectivity index (χ0v) is 25.6. The number of nitrogens with zero attached hydrogens (tertiary/aromatic N) is 1. The molecule has 1 aliphatic carbocycles. The van der Waals surface area contributed by atoms with Crippen molar-refractivity contribution < 1.29 is 22.5 Å². The molecule has 0 radical (unpaired) electrons. The van der Waals surface area contributed by atoms with Gasteiger partial charge in [-0.3, -0.25) is 9.00 Å². The third kappa shape index (κ3) is 6.20. The van der Waals surface area contributed by atoms with Crippen LogP contribution in [0, 0.1) is 23.5 Å². The second-order valence-electron chi connectivity index (χ2n) is 10.8. The Labute approximate surface area is 250 Å². The number of thiophene rings is 1. The molecule has 0 saturated heterocycles. The van der Waals surface area contributed by atoms with Crippen molar-refractivity contribution in [1.82, 2.24) is 4.90 Å². The van der Waals surface area contributed by atoms with Crippen molar-refractivity contribution in [2.75, 3.05) is 19.9 Å². The van der Waals surface area contributed by atoms with E-state index < -0.39 is 22.4 Å². The Hall–Kier alpha value is -2.81. The lowest BCUT2D eigenvalue weighted by Crippen LogP contribution is -2.36. The third-order valence-electron chi connectivity index (χ3n) is 7.93. The molecule has 1 atom stereocenters. The summed E-state index contributed by atoms with van der Waals surface area (Å²) in [6.45, 7) is 2.95. The number of halogens is 3. The van der Waals surface area contributed by atoms with Crippen LogP contribution < -0.4 is 4.74 Å². The van der Waals surface area contributed by atoms with E-state index in [-0.39, 0.29) is 32.4 Å². The van der Waals surface area contributed by atoms with E-state index in [0.717, 1.165) is 65.8 Å². The summed E-state index contributed by atoms with van der Waals surface area (Å²) in [5.41, 5.74) is 2.47. The van der Waals surface area contributed by atoms with Crippen LogP contribution in [0.25, 0.3) is 21.2 Å². The molecule has 0 bridgehead atoms. The molecule has 3 aromatic carbocycles. The second-order valence-corrected chi connectivity index (χ2v) is 13.5. The molecule has 41 heavy (non-hydrogen) atoms. The molecular formula is C32H32ClF2NO3S2. The predicted octanol–water partition coefficient (Wildman–Crippen LogP) is 8.71. The number of rotatable bonds is 8. The fraction of sp³-hybridized carbons (Fsp3) is 0.344. The molecule has 1 heterocycles. The predicted molar refractivity (Wildman–Crippen MR) is 163 cm³/mol. The molecule has 1 amide bonds. The molecule has 1 fully saturated rings. The Bertz CT molecular complexity index is 1610. The van der Waals surface area contributed by atoms with Gasteiger partial charge in [0.15, 0.2) is 0 Å². The Kier molecular flexibility index (Phi) is 9.12. The monoisotopic (exact) mass is 615 g/mol. The summed E-state index contributed by atoms with van der Waals surface area (Å²) in [5, 5.41) is -0.121. The third-order valence-corrected chi connectivity index (χ3v) is 10.6. The highest BCUT2D eigenvalue weighted by Gasteiger charge is 2.29. The van der Waals surface area contributed by atoms with Gasteiger partial charge in [0, 0.05) is 29.8 Å². The van der Waals surface area contributed by atoms with Crippen LogP contribution in [0.1, 0.15) is 47.8 Å². The number of benzene rings is 3. The van der Waals surface area contributed by atoms with Gasteiger partial charge in [-0.05, 0) is 66.1 Å².